The summed E-state index contributed by atoms with van der Waals surface area (Å²) in [5.74, 6) is 0. The maximum absolute atomic E-state index is 12.7. The van der Waals surface area contributed by atoms with Crippen LogP contribution in [0.15, 0.2) is 82.2 Å². The number of aryl methyl sites for hydroxylation is 2. The van der Waals surface area contributed by atoms with Gasteiger partial charge in [-0.2, -0.15) is 0 Å². The van der Waals surface area contributed by atoms with Gasteiger partial charge >= 0.3 is 0 Å². The number of benzene rings is 3. The van der Waals surface area contributed by atoms with Gasteiger partial charge in [0.15, 0.2) is 0 Å². The summed E-state index contributed by atoms with van der Waals surface area (Å²) in [7, 11) is -3.59. The standard InChI is InChI=1S/C22H23BrN2O2S/c1-16-3-11-20(12-4-16)25-22(18-7-9-19(23)10-8-18)15-24-28(26,27)21-13-5-17(2)6-14-21/h3-14,22,24-25H,15H2,1-2H3. The first-order valence-corrected chi connectivity index (χ1v) is 11.3. The second-order valence-electron chi connectivity index (χ2n) is 6.78. The van der Waals surface area contributed by atoms with Crippen molar-refractivity contribution in [2.24, 2.45) is 0 Å². The quantitative estimate of drug-likeness (QED) is 0.511. The molecule has 0 aliphatic carbocycles. The highest BCUT2D eigenvalue weighted by atomic mass is 79.9. The molecule has 0 saturated heterocycles. The van der Waals surface area contributed by atoms with Gasteiger partial charge in [0, 0.05) is 16.7 Å². The van der Waals surface area contributed by atoms with Crippen LogP contribution >= 0.6 is 15.9 Å². The number of rotatable bonds is 7. The van der Waals surface area contributed by atoms with Crippen molar-refractivity contribution in [1.82, 2.24) is 4.72 Å². The SMILES string of the molecule is Cc1ccc(NC(CNS(=O)(=O)c2ccc(C)cc2)c2ccc(Br)cc2)cc1. The Balaban J connectivity index is 1.81. The topological polar surface area (TPSA) is 58.2 Å². The Morgan fingerprint density at radius 1 is 0.821 bits per heavy atom. The molecule has 3 rings (SSSR count). The fourth-order valence-electron chi connectivity index (χ4n) is 2.79. The van der Waals surface area contributed by atoms with Crippen LogP contribution in [-0.2, 0) is 10.0 Å². The average molecular weight is 459 g/mol. The van der Waals surface area contributed by atoms with Crippen LogP contribution < -0.4 is 10.0 Å². The van der Waals surface area contributed by atoms with Crippen molar-refractivity contribution in [3.8, 4) is 0 Å². The van der Waals surface area contributed by atoms with Crippen molar-refractivity contribution >= 4 is 31.6 Å². The van der Waals surface area contributed by atoms with E-state index in [0.29, 0.717) is 0 Å². The number of halogens is 1. The lowest BCUT2D eigenvalue weighted by molar-refractivity contribution is 0.576. The molecule has 3 aromatic carbocycles. The zero-order valence-electron chi connectivity index (χ0n) is 15.8. The van der Waals surface area contributed by atoms with Gasteiger partial charge in [-0.1, -0.05) is 63.5 Å². The van der Waals surface area contributed by atoms with Crippen molar-refractivity contribution in [2.75, 3.05) is 11.9 Å². The largest absolute Gasteiger partial charge is 0.377 e. The van der Waals surface area contributed by atoms with Crippen molar-refractivity contribution in [3.05, 3.63) is 94.0 Å². The predicted octanol–water partition coefficient (Wildman–Crippen LogP) is 5.20. The zero-order chi connectivity index (χ0) is 20.1. The van der Waals surface area contributed by atoms with Gasteiger partial charge in [-0.25, -0.2) is 13.1 Å². The average Bonchev–Trinajstić information content (AvgIpc) is 2.68. The molecule has 0 fully saturated rings. The smallest absolute Gasteiger partial charge is 0.240 e. The lowest BCUT2D eigenvalue weighted by atomic mass is 10.1. The Morgan fingerprint density at radius 2 is 1.36 bits per heavy atom. The molecule has 3 aromatic rings. The van der Waals surface area contributed by atoms with E-state index in [-0.39, 0.29) is 17.5 Å². The highest BCUT2D eigenvalue weighted by molar-refractivity contribution is 9.10. The van der Waals surface area contributed by atoms with E-state index in [1.807, 2.05) is 62.4 Å². The minimum Gasteiger partial charge on any atom is -0.377 e. The number of sulfonamides is 1. The maximum atomic E-state index is 12.7. The molecule has 2 N–H and O–H groups in total. The second-order valence-corrected chi connectivity index (χ2v) is 9.46. The van der Waals surface area contributed by atoms with Crippen LogP contribution in [0.25, 0.3) is 0 Å². The lowest BCUT2D eigenvalue weighted by Gasteiger charge is -2.21. The lowest BCUT2D eigenvalue weighted by Crippen LogP contribution is -2.31. The second kappa shape index (κ2) is 8.90. The van der Waals surface area contributed by atoms with Crippen molar-refractivity contribution in [1.29, 1.82) is 0 Å². The van der Waals surface area contributed by atoms with Gasteiger partial charge in [-0.15, -0.1) is 0 Å². The molecule has 0 aromatic heterocycles. The van der Waals surface area contributed by atoms with Crippen LogP contribution in [0.1, 0.15) is 22.7 Å². The van der Waals surface area contributed by atoms with Gasteiger partial charge < -0.3 is 5.32 Å². The van der Waals surface area contributed by atoms with Crippen LogP contribution in [0, 0.1) is 13.8 Å². The summed E-state index contributed by atoms with van der Waals surface area (Å²) < 4.78 is 29.1. The molecular weight excluding hydrogens is 436 g/mol. The fraction of sp³-hybridized carbons (Fsp3) is 0.182. The molecule has 6 heteroatoms. The molecule has 0 saturated carbocycles. The number of nitrogens with one attached hydrogen (secondary N) is 2. The van der Waals surface area contributed by atoms with E-state index < -0.39 is 10.0 Å². The summed E-state index contributed by atoms with van der Waals surface area (Å²) in [4.78, 5) is 0.267. The Labute approximate surface area is 175 Å². The first kappa shape index (κ1) is 20.6. The van der Waals surface area contributed by atoms with E-state index in [4.69, 9.17) is 0 Å². The third-order valence-corrected chi connectivity index (χ3v) is 6.44. The molecule has 0 bridgehead atoms. The van der Waals surface area contributed by atoms with Gasteiger partial charge in [0.2, 0.25) is 10.0 Å². The van der Waals surface area contributed by atoms with Crippen LogP contribution in [0.5, 0.6) is 0 Å². The zero-order valence-corrected chi connectivity index (χ0v) is 18.2. The molecule has 0 radical (unpaired) electrons. The van der Waals surface area contributed by atoms with Crippen LogP contribution in [0.2, 0.25) is 0 Å². The van der Waals surface area contributed by atoms with Crippen molar-refractivity contribution in [3.63, 3.8) is 0 Å². The fourth-order valence-corrected chi connectivity index (χ4v) is 4.10. The molecule has 4 nitrogen and oxygen atoms in total. The third kappa shape index (κ3) is 5.44. The first-order valence-electron chi connectivity index (χ1n) is 8.98. The van der Waals surface area contributed by atoms with Crippen LogP contribution in [0.3, 0.4) is 0 Å². The number of anilines is 1. The van der Waals surface area contributed by atoms with Gasteiger partial charge in [0.25, 0.3) is 0 Å². The third-order valence-electron chi connectivity index (χ3n) is 4.47. The molecule has 1 unspecified atom stereocenters. The van der Waals surface area contributed by atoms with E-state index in [1.54, 1.807) is 24.3 Å². The molecule has 0 spiro atoms. The molecule has 28 heavy (non-hydrogen) atoms. The molecule has 0 heterocycles. The number of hydrogen-bond acceptors (Lipinski definition) is 3. The van der Waals surface area contributed by atoms with E-state index in [0.717, 1.165) is 21.3 Å². The highest BCUT2D eigenvalue weighted by Gasteiger charge is 2.18. The molecule has 146 valence electrons. The summed E-state index contributed by atoms with van der Waals surface area (Å²) in [6, 6.07) is 22.5. The van der Waals surface area contributed by atoms with E-state index in [1.165, 1.54) is 5.56 Å². The Hall–Kier alpha value is -2.15. The summed E-state index contributed by atoms with van der Waals surface area (Å²) in [5, 5.41) is 3.43. The summed E-state index contributed by atoms with van der Waals surface area (Å²) >= 11 is 3.44. The van der Waals surface area contributed by atoms with E-state index in [9.17, 15) is 8.42 Å². The Bertz CT molecular complexity index is 1020. The molecule has 0 aliphatic rings. The predicted molar refractivity (Wildman–Crippen MR) is 118 cm³/mol. The minimum atomic E-state index is -3.59. The molecule has 1 atom stereocenters. The van der Waals surface area contributed by atoms with E-state index >= 15 is 0 Å². The Kier molecular flexibility index (Phi) is 6.54. The first-order chi connectivity index (χ1) is 13.3. The van der Waals surface area contributed by atoms with Crippen molar-refractivity contribution < 1.29 is 8.42 Å². The molecule has 0 aliphatic heterocycles. The maximum Gasteiger partial charge on any atom is 0.240 e. The van der Waals surface area contributed by atoms with E-state index in [2.05, 4.69) is 26.0 Å². The van der Waals surface area contributed by atoms with Crippen LogP contribution in [-0.4, -0.2) is 15.0 Å². The van der Waals surface area contributed by atoms with Crippen LogP contribution in [0.4, 0.5) is 5.69 Å². The minimum absolute atomic E-state index is 0.212. The molecular formula is C22H23BrN2O2S. The summed E-state index contributed by atoms with van der Waals surface area (Å²) in [5.41, 5.74) is 4.13. The highest BCUT2D eigenvalue weighted by Crippen LogP contribution is 2.22. The normalized spacial score (nSPS) is 12.5. The van der Waals surface area contributed by atoms with Gasteiger partial charge in [-0.05, 0) is 55.8 Å². The van der Waals surface area contributed by atoms with Gasteiger partial charge in [0.1, 0.15) is 0 Å². The van der Waals surface area contributed by atoms with Gasteiger partial charge in [0.05, 0.1) is 10.9 Å². The Morgan fingerprint density at radius 3 is 1.93 bits per heavy atom. The monoisotopic (exact) mass is 458 g/mol. The summed E-state index contributed by atoms with van der Waals surface area (Å²) in [6.45, 7) is 4.19. The molecule has 0 amide bonds. The summed E-state index contributed by atoms with van der Waals surface area (Å²) in [6.07, 6.45) is 0. The number of hydrogen-bond donors (Lipinski definition) is 2. The van der Waals surface area contributed by atoms with Gasteiger partial charge in [-0.3, -0.25) is 0 Å². The van der Waals surface area contributed by atoms with Crippen molar-refractivity contribution in [2.45, 2.75) is 24.8 Å².